The molecule has 0 heterocycles. The maximum absolute atomic E-state index is 5.25. The molecule has 0 aromatic heterocycles. The molecule has 1 aromatic carbocycles. The fourth-order valence-corrected chi connectivity index (χ4v) is 1.87. The number of rotatable bonds is 6. The molecule has 0 aliphatic rings. The molecule has 0 bridgehead atoms. The van der Waals surface area contributed by atoms with Crippen molar-refractivity contribution in [3.63, 3.8) is 0 Å². The van der Waals surface area contributed by atoms with E-state index in [1.54, 1.807) is 7.11 Å². The smallest absolute Gasteiger partial charge is 0.119 e. The third-order valence-corrected chi connectivity index (χ3v) is 3.00. The van der Waals surface area contributed by atoms with Crippen molar-refractivity contribution in [3.8, 4) is 17.6 Å². The molecule has 0 saturated heterocycles. The monoisotopic (exact) mass is 297 g/mol. The average molecular weight is 297 g/mol. The third kappa shape index (κ3) is 7.15. The molecule has 0 unspecified atom stereocenters. The van der Waals surface area contributed by atoms with Crippen molar-refractivity contribution in [1.29, 1.82) is 0 Å². The van der Waals surface area contributed by atoms with E-state index in [0.717, 1.165) is 30.0 Å². The Morgan fingerprint density at radius 2 is 2.09 bits per heavy atom. The fraction of sp³-hybridized carbons (Fsp3) is 0.400. The molecule has 0 aliphatic heterocycles. The van der Waals surface area contributed by atoms with Gasteiger partial charge in [0.1, 0.15) is 5.75 Å². The number of nitrogens with zero attached hydrogens (tertiary/aromatic N) is 1. The van der Waals surface area contributed by atoms with Crippen LogP contribution in [-0.4, -0.2) is 32.1 Å². The second kappa shape index (κ2) is 8.46. The summed E-state index contributed by atoms with van der Waals surface area (Å²) in [6, 6.07) is 8.00. The van der Waals surface area contributed by atoms with E-state index in [1.807, 2.05) is 24.3 Å². The molecular formula is C20H27NO. The summed E-state index contributed by atoms with van der Waals surface area (Å²) in [5, 5.41) is 0. The Hall–Kier alpha value is -1.98. The molecular weight excluding hydrogens is 270 g/mol. The maximum Gasteiger partial charge on any atom is 0.119 e. The quantitative estimate of drug-likeness (QED) is 0.728. The van der Waals surface area contributed by atoms with Gasteiger partial charge in [-0.15, -0.1) is 0 Å². The lowest BCUT2D eigenvalue weighted by molar-refractivity contribution is 0.413. The van der Waals surface area contributed by atoms with Crippen LogP contribution < -0.4 is 4.74 Å². The maximum atomic E-state index is 5.25. The van der Waals surface area contributed by atoms with Gasteiger partial charge in [-0.2, -0.15) is 0 Å². The molecule has 118 valence electrons. The Bertz CT molecular complexity index is 582. The molecule has 0 saturated carbocycles. The Labute approximate surface area is 135 Å². The number of allylic oxidation sites excluding steroid dienone is 1. The van der Waals surface area contributed by atoms with Crippen LogP contribution in [-0.2, 0) is 0 Å². The Balaban J connectivity index is 2.50. The van der Waals surface area contributed by atoms with Gasteiger partial charge in [0.2, 0.25) is 0 Å². The number of hydrogen-bond donors (Lipinski definition) is 0. The van der Waals surface area contributed by atoms with E-state index in [0.29, 0.717) is 0 Å². The van der Waals surface area contributed by atoms with E-state index in [2.05, 4.69) is 63.3 Å². The minimum absolute atomic E-state index is 0.0525. The zero-order chi connectivity index (χ0) is 16.6. The summed E-state index contributed by atoms with van der Waals surface area (Å²) < 4.78 is 5.25. The van der Waals surface area contributed by atoms with Crippen molar-refractivity contribution >= 4 is 5.57 Å². The van der Waals surface area contributed by atoms with Gasteiger partial charge >= 0.3 is 0 Å². The Morgan fingerprint density at radius 3 is 2.73 bits per heavy atom. The highest BCUT2D eigenvalue weighted by Gasteiger charge is 2.04. The van der Waals surface area contributed by atoms with Gasteiger partial charge in [0.25, 0.3) is 0 Å². The molecule has 0 atom stereocenters. The lowest BCUT2D eigenvalue weighted by atomic mass is 9.98. The number of likely N-dealkylation sites (N-methyl/N-ethyl adjacent to an activating group) is 1. The van der Waals surface area contributed by atoms with Gasteiger partial charge in [0.05, 0.1) is 7.11 Å². The van der Waals surface area contributed by atoms with Crippen LogP contribution in [0, 0.1) is 17.3 Å². The summed E-state index contributed by atoms with van der Waals surface area (Å²) in [6.07, 6.45) is 4.01. The van der Waals surface area contributed by atoms with Gasteiger partial charge in [-0.1, -0.05) is 36.6 Å². The van der Waals surface area contributed by atoms with Crippen LogP contribution in [0.4, 0.5) is 0 Å². The minimum atomic E-state index is 0.0525. The van der Waals surface area contributed by atoms with Crippen LogP contribution in [0.5, 0.6) is 5.75 Å². The predicted octanol–water partition coefficient (Wildman–Crippen LogP) is 4.25. The van der Waals surface area contributed by atoms with Crippen molar-refractivity contribution in [3.05, 3.63) is 48.6 Å². The van der Waals surface area contributed by atoms with E-state index in [-0.39, 0.29) is 5.41 Å². The zero-order valence-corrected chi connectivity index (χ0v) is 14.4. The molecule has 1 rings (SSSR count). The second-order valence-corrected chi connectivity index (χ2v) is 6.45. The van der Waals surface area contributed by atoms with Crippen LogP contribution in [0.25, 0.3) is 5.57 Å². The van der Waals surface area contributed by atoms with E-state index >= 15 is 0 Å². The Morgan fingerprint density at radius 1 is 1.36 bits per heavy atom. The van der Waals surface area contributed by atoms with Crippen LogP contribution in [0.1, 0.15) is 26.3 Å². The topological polar surface area (TPSA) is 12.5 Å². The lowest BCUT2D eigenvalue weighted by Crippen LogP contribution is -2.20. The highest BCUT2D eigenvalue weighted by molar-refractivity contribution is 5.65. The summed E-state index contributed by atoms with van der Waals surface area (Å²) in [4.78, 5) is 2.21. The molecule has 0 aliphatic carbocycles. The molecule has 1 aromatic rings. The van der Waals surface area contributed by atoms with Crippen molar-refractivity contribution in [1.82, 2.24) is 4.90 Å². The number of hydrogen-bond acceptors (Lipinski definition) is 2. The zero-order valence-electron chi connectivity index (χ0n) is 14.4. The SMILES string of the molecule is C=C(CN(C)C/C=C/C#CC(C)(C)C)c1cccc(OC)c1. The Kier molecular flexibility index (Phi) is 6.95. The molecule has 2 heteroatoms. The molecule has 2 nitrogen and oxygen atoms in total. The highest BCUT2D eigenvalue weighted by Crippen LogP contribution is 2.19. The molecule has 0 spiro atoms. The van der Waals surface area contributed by atoms with Crippen molar-refractivity contribution in [2.24, 2.45) is 5.41 Å². The molecule has 22 heavy (non-hydrogen) atoms. The van der Waals surface area contributed by atoms with Crippen LogP contribution in [0.3, 0.4) is 0 Å². The van der Waals surface area contributed by atoms with Crippen molar-refractivity contribution in [2.45, 2.75) is 20.8 Å². The van der Waals surface area contributed by atoms with Crippen molar-refractivity contribution in [2.75, 3.05) is 27.2 Å². The normalized spacial score (nSPS) is 11.4. The van der Waals surface area contributed by atoms with Gasteiger partial charge in [-0.05, 0) is 57.2 Å². The van der Waals surface area contributed by atoms with E-state index < -0.39 is 0 Å². The van der Waals surface area contributed by atoms with Gasteiger partial charge in [-0.25, -0.2) is 0 Å². The summed E-state index contributed by atoms with van der Waals surface area (Å²) >= 11 is 0. The number of benzene rings is 1. The van der Waals surface area contributed by atoms with E-state index in [1.165, 1.54) is 0 Å². The minimum Gasteiger partial charge on any atom is -0.497 e. The van der Waals surface area contributed by atoms with Gasteiger partial charge < -0.3 is 4.74 Å². The molecule has 0 fully saturated rings. The van der Waals surface area contributed by atoms with Gasteiger partial charge in [0, 0.05) is 18.5 Å². The van der Waals surface area contributed by atoms with Crippen LogP contribution in [0.15, 0.2) is 43.0 Å². The van der Waals surface area contributed by atoms with Gasteiger partial charge in [0.15, 0.2) is 0 Å². The standard InChI is InChI=1S/C20H27NO/c1-17(18-11-10-12-19(15-18)22-6)16-21(5)14-9-7-8-13-20(2,3)4/h7,9-12,15H,1,14,16H2,2-6H3/b9-7+. The van der Waals surface area contributed by atoms with Crippen LogP contribution >= 0.6 is 0 Å². The highest BCUT2D eigenvalue weighted by atomic mass is 16.5. The second-order valence-electron chi connectivity index (χ2n) is 6.45. The summed E-state index contributed by atoms with van der Waals surface area (Å²) in [5.41, 5.74) is 2.25. The number of ether oxygens (including phenoxy) is 1. The third-order valence-electron chi connectivity index (χ3n) is 3.00. The lowest BCUT2D eigenvalue weighted by Gasteiger charge is -2.16. The van der Waals surface area contributed by atoms with Crippen LogP contribution in [0.2, 0.25) is 0 Å². The molecule has 0 N–H and O–H groups in total. The first-order chi connectivity index (χ1) is 10.3. The largest absolute Gasteiger partial charge is 0.497 e. The fourth-order valence-electron chi connectivity index (χ4n) is 1.87. The molecule has 0 amide bonds. The molecule has 0 radical (unpaired) electrons. The van der Waals surface area contributed by atoms with E-state index in [4.69, 9.17) is 4.74 Å². The number of methoxy groups -OCH3 is 1. The summed E-state index contributed by atoms with van der Waals surface area (Å²) in [6.45, 7) is 12.2. The van der Waals surface area contributed by atoms with Crippen molar-refractivity contribution < 1.29 is 4.74 Å². The van der Waals surface area contributed by atoms with E-state index in [9.17, 15) is 0 Å². The average Bonchev–Trinajstić information content (AvgIpc) is 2.45. The first-order valence-electron chi connectivity index (χ1n) is 7.50. The first-order valence-corrected chi connectivity index (χ1v) is 7.50. The summed E-state index contributed by atoms with van der Waals surface area (Å²) in [7, 11) is 3.75. The first kappa shape index (κ1) is 18.1. The predicted molar refractivity (Wildman–Crippen MR) is 95.9 cm³/mol. The summed E-state index contributed by atoms with van der Waals surface area (Å²) in [5.74, 6) is 7.13. The van der Waals surface area contributed by atoms with Gasteiger partial charge in [-0.3, -0.25) is 4.90 Å².